The van der Waals surface area contributed by atoms with Crippen molar-refractivity contribution in [3.05, 3.63) is 26.7 Å². The molecule has 94 valence electrons. The molecule has 2 saturated carbocycles. The molecule has 4 rings (SSSR count). The Labute approximate surface area is 102 Å². The van der Waals surface area contributed by atoms with Crippen molar-refractivity contribution in [2.75, 3.05) is 0 Å². The van der Waals surface area contributed by atoms with Gasteiger partial charge in [-0.1, -0.05) is 0 Å². The van der Waals surface area contributed by atoms with E-state index in [-0.39, 0.29) is 23.3 Å². The first kappa shape index (κ1) is 10.1. The molecule has 6 nitrogen and oxygen atoms in total. The summed E-state index contributed by atoms with van der Waals surface area (Å²) >= 11 is 0. The number of fused-ring (bicyclic) bond motifs is 1. The van der Waals surface area contributed by atoms with Gasteiger partial charge in [0.05, 0.1) is 0 Å². The number of imidazole rings is 1. The van der Waals surface area contributed by atoms with Crippen LogP contribution in [0.25, 0.3) is 11.2 Å². The first-order valence-corrected chi connectivity index (χ1v) is 6.40. The summed E-state index contributed by atoms with van der Waals surface area (Å²) in [6, 6.07) is 0.330. The quantitative estimate of drug-likeness (QED) is 0.854. The van der Waals surface area contributed by atoms with E-state index in [0.29, 0.717) is 17.0 Å². The lowest BCUT2D eigenvalue weighted by Gasteiger charge is -2.09. The van der Waals surface area contributed by atoms with Crippen molar-refractivity contribution < 1.29 is 0 Å². The predicted octanol–water partition coefficient (Wildman–Crippen LogP) is 0.865. The largest absolute Gasteiger partial charge is 0.336 e. The van der Waals surface area contributed by atoms with Crippen LogP contribution in [0.5, 0.6) is 0 Å². The van der Waals surface area contributed by atoms with Crippen LogP contribution in [0.2, 0.25) is 0 Å². The number of rotatable bonds is 2. The van der Waals surface area contributed by atoms with Crippen molar-refractivity contribution in [3.8, 4) is 0 Å². The van der Waals surface area contributed by atoms with E-state index in [4.69, 9.17) is 0 Å². The highest BCUT2D eigenvalue weighted by molar-refractivity contribution is 5.70. The zero-order chi connectivity index (χ0) is 12.4. The van der Waals surface area contributed by atoms with E-state index in [9.17, 15) is 9.59 Å². The molecule has 0 saturated heterocycles. The molecular formula is C12H14N4O2. The molecule has 18 heavy (non-hydrogen) atoms. The monoisotopic (exact) mass is 246 g/mol. The van der Waals surface area contributed by atoms with E-state index in [1.807, 2.05) is 6.92 Å². The van der Waals surface area contributed by atoms with E-state index >= 15 is 0 Å². The second-order valence-corrected chi connectivity index (χ2v) is 5.31. The fourth-order valence-electron chi connectivity index (χ4n) is 2.53. The van der Waals surface area contributed by atoms with Crippen LogP contribution in [0.3, 0.4) is 0 Å². The minimum absolute atomic E-state index is 0.100. The van der Waals surface area contributed by atoms with Gasteiger partial charge in [-0.25, -0.2) is 9.78 Å². The van der Waals surface area contributed by atoms with Gasteiger partial charge in [0.15, 0.2) is 5.65 Å². The van der Waals surface area contributed by atoms with Crippen molar-refractivity contribution in [3.63, 3.8) is 0 Å². The number of hydrogen-bond acceptors (Lipinski definition) is 3. The van der Waals surface area contributed by atoms with Crippen LogP contribution in [0.15, 0.2) is 9.59 Å². The fraction of sp³-hybridized carbons (Fsp3) is 0.583. The Morgan fingerprint density at radius 2 is 1.72 bits per heavy atom. The zero-order valence-corrected chi connectivity index (χ0v) is 10.1. The minimum Gasteiger partial charge on any atom is -0.336 e. The highest BCUT2D eigenvalue weighted by atomic mass is 16.2. The Balaban J connectivity index is 2.17. The molecule has 0 amide bonds. The number of hydrogen-bond donors (Lipinski definition) is 1. The molecule has 0 bridgehead atoms. The van der Waals surface area contributed by atoms with Gasteiger partial charge in [-0.3, -0.25) is 13.9 Å². The van der Waals surface area contributed by atoms with Gasteiger partial charge in [-0.2, -0.15) is 0 Å². The Hall–Kier alpha value is -1.85. The summed E-state index contributed by atoms with van der Waals surface area (Å²) in [5.74, 6) is 0.685. The third-order valence-corrected chi connectivity index (χ3v) is 3.70. The summed E-state index contributed by atoms with van der Waals surface area (Å²) in [7, 11) is 0. The topological polar surface area (TPSA) is 72.7 Å². The molecule has 2 heterocycles. The number of aromatic nitrogens is 4. The van der Waals surface area contributed by atoms with Crippen molar-refractivity contribution in [1.82, 2.24) is 19.1 Å². The zero-order valence-electron chi connectivity index (χ0n) is 10.1. The van der Waals surface area contributed by atoms with E-state index in [1.165, 1.54) is 4.57 Å². The maximum Gasteiger partial charge on any atom is 0.333 e. The standard InChI is InChI=1S/C12H14N4O2/c1-6-13-9-10(14-6)15(7-2-3-7)12(18)16(11(9)17)8-4-5-8/h7-8H,2-5H2,1H3,(H,13,14). The molecular weight excluding hydrogens is 232 g/mol. The Morgan fingerprint density at radius 1 is 1.11 bits per heavy atom. The summed E-state index contributed by atoms with van der Waals surface area (Å²) < 4.78 is 3.12. The molecule has 0 unspecified atom stereocenters. The van der Waals surface area contributed by atoms with Gasteiger partial charge >= 0.3 is 5.69 Å². The molecule has 2 aliphatic carbocycles. The number of nitrogens with zero attached hydrogens (tertiary/aromatic N) is 3. The maximum absolute atomic E-state index is 12.4. The van der Waals surface area contributed by atoms with Crippen molar-refractivity contribution in [2.24, 2.45) is 0 Å². The van der Waals surface area contributed by atoms with Crippen LogP contribution in [-0.2, 0) is 0 Å². The maximum atomic E-state index is 12.4. The summed E-state index contributed by atoms with van der Waals surface area (Å²) in [4.78, 5) is 32.1. The van der Waals surface area contributed by atoms with Gasteiger partial charge in [0, 0.05) is 12.1 Å². The van der Waals surface area contributed by atoms with Crippen LogP contribution in [0.1, 0.15) is 43.6 Å². The molecule has 6 heteroatoms. The van der Waals surface area contributed by atoms with Crippen LogP contribution >= 0.6 is 0 Å². The Bertz CT molecular complexity index is 759. The fourth-order valence-corrected chi connectivity index (χ4v) is 2.53. The smallest absolute Gasteiger partial charge is 0.333 e. The average Bonchev–Trinajstić information content (AvgIpc) is 3.18. The van der Waals surface area contributed by atoms with Gasteiger partial charge in [0.1, 0.15) is 11.3 Å². The van der Waals surface area contributed by atoms with E-state index < -0.39 is 0 Å². The number of aryl methyl sites for hydroxylation is 1. The molecule has 0 aromatic carbocycles. The molecule has 2 aromatic rings. The molecule has 2 aliphatic rings. The highest BCUT2D eigenvalue weighted by Gasteiger charge is 2.34. The lowest BCUT2D eigenvalue weighted by molar-refractivity contribution is 0.587. The van der Waals surface area contributed by atoms with Crippen molar-refractivity contribution in [2.45, 2.75) is 44.7 Å². The third-order valence-electron chi connectivity index (χ3n) is 3.70. The van der Waals surface area contributed by atoms with E-state index in [1.54, 1.807) is 4.57 Å². The lowest BCUT2D eigenvalue weighted by Crippen LogP contribution is -2.39. The SMILES string of the molecule is Cc1nc2c([nH]1)c(=O)n(C1CC1)c(=O)n2C1CC1. The second kappa shape index (κ2) is 3.13. The molecule has 1 N–H and O–H groups in total. The minimum atomic E-state index is -0.213. The number of nitrogens with one attached hydrogen (secondary N) is 1. The number of H-pyrrole nitrogens is 1. The third kappa shape index (κ3) is 1.26. The van der Waals surface area contributed by atoms with Crippen molar-refractivity contribution in [1.29, 1.82) is 0 Å². The predicted molar refractivity (Wildman–Crippen MR) is 65.9 cm³/mol. The van der Waals surface area contributed by atoms with Crippen LogP contribution in [-0.4, -0.2) is 19.1 Å². The molecule has 2 aromatic heterocycles. The summed E-state index contributed by atoms with van der Waals surface area (Å²) in [5.41, 5.74) is 0.617. The van der Waals surface area contributed by atoms with Crippen LogP contribution in [0.4, 0.5) is 0 Å². The first-order valence-electron chi connectivity index (χ1n) is 6.40. The Morgan fingerprint density at radius 3 is 2.33 bits per heavy atom. The van der Waals surface area contributed by atoms with E-state index in [2.05, 4.69) is 9.97 Å². The van der Waals surface area contributed by atoms with Gasteiger partial charge in [0.2, 0.25) is 0 Å². The Kier molecular flexibility index (Phi) is 1.76. The first-order chi connectivity index (χ1) is 8.66. The number of aromatic amines is 1. The second-order valence-electron chi connectivity index (χ2n) is 5.31. The molecule has 0 aliphatic heterocycles. The average molecular weight is 246 g/mol. The van der Waals surface area contributed by atoms with E-state index in [0.717, 1.165) is 25.7 Å². The van der Waals surface area contributed by atoms with Crippen LogP contribution in [0, 0.1) is 6.92 Å². The molecule has 2 fully saturated rings. The van der Waals surface area contributed by atoms with Gasteiger partial charge in [0.25, 0.3) is 5.56 Å². The lowest BCUT2D eigenvalue weighted by atomic mass is 10.4. The molecule has 0 spiro atoms. The van der Waals surface area contributed by atoms with Crippen LogP contribution < -0.4 is 11.2 Å². The molecule has 0 atom stereocenters. The summed E-state index contributed by atoms with van der Waals surface area (Å²) in [5, 5.41) is 0. The highest BCUT2D eigenvalue weighted by Crippen LogP contribution is 2.36. The summed E-state index contributed by atoms with van der Waals surface area (Å²) in [6.07, 6.45) is 3.87. The van der Waals surface area contributed by atoms with Crippen molar-refractivity contribution >= 4 is 11.2 Å². The molecule has 0 radical (unpaired) electrons. The summed E-state index contributed by atoms with van der Waals surface area (Å²) in [6.45, 7) is 1.81. The normalized spacial score (nSPS) is 19.6. The van der Waals surface area contributed by atoms with Gasteiger partial charge < -0.3 is 4.98 Å². The van der Waals surface area contributed by atoms with Gasteiger partial charge in [-0.15, -0.1) is 0 Å². The van der Waals surface area contributed by atoms with Gasteiger partial charge in [-0.05, 0) is 32.6 Å².